The number of nitrogens with one attached hydrogen (secondary N) is 1. The van der Waals surface area contributed by atoms with E-state index in [4.69, 9.17) is 0 Å². The average molecular weight is 390 g/mol. The number of hydrogen-bond acceptors (Lipinski definition) is 4. The number of aromatic nitrogens is 4. The zero-order chi connectivity index (χ0) is 20.4. The molecule has 0 atom stereocenters. The Hall–Kier alpha value is -3.02. The van der Waals surface area contributed by atoms with Crippen LogP contribution in [0.25, 0.3) is 11.1 Å². The van der Waals surface area contributed by atoms with Gasteiger partial charge in [0.25, 0.3) is 5.91 Å². The quantitative estimate of drug-likeness (QED) is 0.721. The number of H-pyrrole nitrogens is 1. The molecule has 29 heavy (non-hydrogen) atoms. The molecule has 0 aliphatic carbocycles. The summed E-state index contributed by atoms with van der Waals surface area (Å²) in [4.78, 5) is 23.8. The molecule has 150 valence electrons. The van der Waals surface area contributed by atoms with Crippen LogP contribution in [0, 0.1) is 6.92 Å². The van der Waals surface area contributed by atoms with Gasteiger partial charge in [-0.25, -0.2) is 9.97 Å². The van der Waals surface area contributed by atoms with Gasteiger partial charge in [-0.1, -0.05) is 44.2 Å². The van der Waals surface area contributed by atoms with E-state index in [0.29, 0.717) is 11.5 Å². The van der Waals surface area contributed by atoms with E-state index in [1.54, 1.807) is 6.20 Å². The second-order valence-electron chi connectivity index (χ2n) is 8.01. The number of likely N-dealkylation sites (tertiary alicyclic amines) is 1. The monoisotopic (exact) mass is 389 g/mol. The van der Waals surface area contributed by atoms with Crippen molar-refractivity contribution in [2.75, 3.05) is 13.1 Å². The topological polar surface area (TPSA) is 74.8 Å². The molecular formula is C23H27N5O. The molecule has 0 bridgehead atoms. The Kier molecular flexibility index (Phi) is 5.43. The fraction of sp³-hybridized carbons (Fsp3) is 0.391. The molecule has 0 unspecified atom stereocenters. The Morgan fingerprint density at radius 1 is 1.14 bits per heavy atom. The van der Waals surface area contributed by atoms with E-state index >= 15 is 0 Å². The first kappa shape index (κ1) is 19.3. The SMILES string of the molecule is Cc1nc(C(C)C)ncc1C(=O)N1CCC(c2[nH]ncc2-c2ccccc2)CC1. The summed E-state index contributed by atoms with van der Waals surface area (Å²) in [7, 11) is 0. The highest BCUT2D eigenvalue weighted by molar-refractivity contribution is 5.95. The van der Waals surface area contributed by atoms with Crippen LogP contribution in [-0.4, -0.2) is 44.1 Å². The van der Waals surface area contributed by atoms with Crippen LogP contribution in [0.15, 0.2) is 42.7 Å². The largest absolute Gasteiger partial charge is 0.338 e. The van der Waals surface area contributed by atoms with Crippen LogP contribution < -0.4 is 0 Å². The number of carbonyl (C=O) groups is 1. The minimum absolute atomic E-state index is 0.0316. The molecular weight excluding hydrogens is 362 g/mol. The van der Waals surface area contributed by atoms with Gasteiger partial charge < -0.3 is 4.90 Å². The summed E-state index contributed by atoms with van der Waals surface area (Å²) in [5.41, 5.74) is 4.87. The van der Waals surface area contributed by atoms with Crippen molar-refractivity contribution < 1.29 is 4.79 Å². The maximum Gasteiger partial charge on any atom is 0.257 e. The van der Waals surface area contributed by atoms with Crippen molar-refractivity contribution >= 4 is 5.91 Å². The molecule has 2 aromatic heterocycles. The second-order valence-corrected chi connectivity index (χ2v) is 8.01. The van der Waals surface area contributed by atoms with Gasteiger partial charge in [0.2, 0.25) is 0 Å². The molecule has 3 aromatic rings. The van der Waals surface area contributed by atoms with Crippen molar-refractivity contribution in [3.63, 3.8) is 0 Å². The van der Waals surface area contributed by atoms with Gasteiger partial charge in [-0.3, -0.25) is 9.89 Å². The third kappa shape index (κ3) is 3.92. The summed E-state index contributed by atoms with van der Waals surface area (Å²) in [6.07, 6.45) is 5.42. The first-order chi connectivity index (χ1) is 14.0. The van der Waals surface area contributed by atoms with E-state index in [1.807, 2.05) is 36.2 Å². The maximum absolute atomic E-state index is 13.0. The van der Waals surface area contributed by atoms with Gasteiger partial charge in [0.05, 0.1) is 17.5 Å². The Bertz CT molecular complexity index is 988. The van der Waals surface area contributed by atoms with Crippen molar-refractivity contribution in [1.82, 2.24) is 25.1 Å². The molecule has 6 nitrogen and oxygen atoms in total. The summed E-state index contributed by atoms with van der Waals surface area (Å²) in [6.45, 7) is 7.45. The molecule has 1 aliphatic heterocycles. The van der Waals surface area contributed by atoms with Crippen LogP contribution in [-0.2, 0) is 0 Å². The Morgan fingerprint density at radius 3 is 2.52 bits per heavy atom. The molecule has 0 radical (unpaired) electrons. The van der Waals surface area contributed by atoms with E-state index in [9.17, 15) is 4.79 Å². The van der Waals surface area contributed by atoms with Crippen LogP contribution in [0.2, 0.25) is 0 Å². The number of amides is 1. The van der Waals surface area contributed by atoms with Crippen LogP contribution >= 0.6 is 0 Å². The van der Waals surface area contributed by atoms with Crippen molar-refractivity contribution in [2.45, 2.75) is 45.4 Å². The molecule has 1 aromatic carbocycles. The number of hydrogen-bond donors (Lipinski definition) is 1. The number of carbonyl (C=O) groups excluding carboxylic acids is 1. The lowest BCUT2D eigenvalue weighted by Crippen LogP contribution is -2.38. The first-order valence-corrected chi connectivity index (χ1v) is 10.3. The zero-order valence-corrected chi connectivity index (χ0v) is 17.2. The van der Waals surface area contributed by atoms with Gasteiger partial charge in [-0.15, -0.1) is 0 Å². The van der Waals surface area contributed by atoms with Crippen molar-refractivity contribution in [1.29, 1.82) is 0 Å². The first-order valence-electron chi connectivity index (χ1n) is 10.3. The molecule has 3 heterocycles. The number of piperidine rings is 1. The summed E-state index contributed by atoms with van der Waals surface area (Å²) in [6, 6.07) is 10.3. The van der Waals surface area contributed by atoms with E-state index in [-0.39, 0.29) is 11.8 Å². The highest BCUT2D eigenvalue weighted by Crippen LogP contribution is 2.34. The van der Waals surface area contributed by atoms with E-state index < -0.39 is 0 Å². The van der Waals surface area contributed by atoms with Crippen LogP contribution in [0.3, 0.4) is 0 Å². The van der Waals surface area contributed by atoms with Gasteiger partial charge in [0, 0.05) is 42.4 Å². The minimum Gasteiger partial charge on any atom is -0.338 e. The maximum atomic E-state index is 13.0. The number of rotatable bonds is 4. The molecule has 6 heteroatoms. The summed E-state index contributed by atoms with van der Waals surface area (Å²) in [5, 5.41) is 7.49. The Morgan fingerprint density at radius 2 is 1.86 bits per heavy atom. The fourth-order valence-corrected chi connectivity index (χ4v) is 3.97. The summed E-state index contributed by atoms with van der Waals surface area (Å²) < 4.78 is 0. The van der Waals surface area contributed by atoms with Crippen LogP contribution in [0.5, 0.6) is 0 Å². The predicted molar refractivity (Wildman–Crippen MR) is 113 cm³/mol. The minimum atomic E-state index is 0.0316. The molecule has 0 spiro atoms. The molecule has 1 aliphatic rings. The van der Waals surface area contributed by atoms with Gasteiger partial charge in [0.1, 0.15) is 5.82 Å². The highest BCUT2D eigenvalue weighted by atomic mass is 16.2. The Labute approximate surface area is 171 Å². The average Bonchev–Trinajstić information content (AvgIpc) is 3.24. The molecule has 0 saturated carbocycles. The second kappa shape index (κ2) is 8.15. The molecule has 4 rings (SSSR count). The van der Waals surface area contributed by atoms with Crippen molar-refractivity contribution in [3.8, 4) is 11.1 Å². The molecule has 1 fully saturated rings. The van der Waals surface area contributed by atoms with Gasteiger partial charge in [-0.2, -0.15) is 5.10 Å². The molecule has 1 saturated heterocycles. The summed E-state index contributed by atoms with van der Waals surface area (Å²) in [5.74, 6) is 1.44. The lowest BCUT2D eigenvalue weighted by atomic mass is 9.89. The third-order valence-corrected chi connectivity index (χ3v) is 5.69. The normalized spacial score (nSPS) is 15.1. The lowest BCUT2D eigenvalue weighted by molar-refractivity contribution is 0.0710. The summed E-state index contributed by atoms with van der Waals surface area (Å²) >= 11 is 0. The number of nitrogens with zero attached hydrogens (tertiary/aromatic N) is 4. The van der Waals surface area contributed by atoms with Crippen molar-refractivity contribution in [3.05, 3.63) is 65.5 Å². The van der Waals surface area contributed by atoms with E-state index in [1.165, 1.54) is 11.3 Å². The standard InChI is InChI=1S/C23H27N5O/c1-15(2)22-24-13-19(16(3)26-22)23(29)28-11-9-18(10-12-28)21-20(14-25-27-21)17-7-5-4-6-8-17/h4-8,13-15,18H,9-12H2,1-3H3,(H,25,27). The number of benzene rings is 1. The zero-order valence-electron chi connectivity index (χ0n) is 17.2. The highest BCUT2D eigenvalue weighted by Gasteiger charge is 2.28. The van der Waals surface area contributed by atoms with E-state index in [2.05, 4.69) is 46.1 Å². The molecule has 1 N–H and O–H groups in total. The number of aryl methyl sites for hydroxylation is 1. The molecule has 1 amide bonds. The van der Waals surface area contributed by atoms with Gasteiger partial charge in [0.15, 0.2) is 0 Å². The fourth-order valence-electron chi connectivity index (χ4n) is 3.97. The lowest BCUT2D eigenvalue weighted by Gasteiger charge is -2.32. The van der Waals surface area contributed by atoms with Crippen LogP contribution in [0.4, 0.5) is 0 Å². The Balaban J connectivity index is 1.45. The van der Waals surface area contributed by atoms with Crippen LogP contribution in [0.1, 0.15) is 66.1 Å². The van der Waals surface area contributed by atoms with E-state index in [0.717, 1.165) is 43.0 Å². The predicted octanol–water partition coefficient (Wildman–Crippen LogP) is 4.32. The number of aromatic amines is 1. The van der Waals surface area contributed by atoms with Gasteiger partial charge >= 0.3 is 0 Å². The van der Waals surface area contributed by atoms with Gasteiger partial charge in [-0.05, 0) is 25.3 Å². The van der Waals surface area contributed by atoms with Crippen molar-refractivity contribution in [2.24, 2.45) is 0 Å². The third-order valence-electron chi connectivity index (χ3n) is 5.69. The smallest absolute Gasteiger partial charge is 0.257 e.